The molecule has 1 nitrogen and oxygen atoms in total. The Balaban J connectivity index is 2.08. The number of hydrogen-bond acceptors (Lipinski definition) is 1. The molecule has 2 aromatic carbocycles. The van der Waals surface area contributed by atoms with Gasteiger partial charge >= 0.3 is 0 Å². The van der Waals surface area contributed by atoms with E-state index < -0.39 is 0 Å². The highest BCUT2D eigenvalue weighted by molar-refractivity contribution is 5.30. The molecule has 2 heteroatoms. The highest BCUT2D eigenvalue weighted by Crippen LogP contribution is 2.18. The number of benzene rings is 2. The molecular formula is C15H15FO. The van der Waals surface area contributed by atoms with Crippen molar-refractivity contribution < 1.29 is 9.13 Å². The molecule has 2 rings (SSSR count). The van der Waals surface area contributed by atoms with Crippen molar-refractivity contribution in [1.82, 2.24) is 0 Å². The Morgan fingerprint density at radius 3 is 2.47 bits per heavy atom. The fourth-order valence-electron chi connectivity index (χ4n) is 1.62. The van der Waals surface area contributed by atoms with Crippen LogP contribution in [0.5, 0.6) is 5.75 Å². The molecule has 0 radical (unpaired) electrons. The van der Waals surface area contributed by atoms with Crippen molar-refractivity contribution in [3.8, 4) is 5.75 Å². The normalized spacial score (nSPS) is 10.3. The molecule has 88 valence electrons. The van der Waals surface area contributed by atoms with Crippen LogP contribution < -0.4 is 4.74 Å². The molecule has 0 amide bonds. The predicted molar refractivity (Wildman–Crippen MR) is 66.6 cm³/mol. The third kappa shape index (κ3) is 2.84. The molecule has 0 heterocycles. The van der Waals surface area contributed by atoms with E-state index in [1.54, 1.807) is 18.2 Å². The van der Waals surface area contributed by atoms with Crippen LogP contribution in [-0.4, -0.2) is 0 Å². The Morgan fingerprint density at radius 2 is 1.76 bits per heavy atom. The van der Waals surface area contributed by atoms with Gasteiger partial charge in [0.25, 0.3) is 0 Å². The zero-order chi connectivity index (χ0) is 12.3. The van der Waals surface area contributed by atoms with E-state index in [0.717, 1.165) is 5.56 Å². The molecular weight excluding hydrogens is 215 g/mol. The van der Waals surface area contributed by atoms with Crippen molar-refractivity contribution >= 4 is 0 Å². The van der Waals surface area contributed by atoms with Gasteiger partial charge in [0, 0.05) is 0 Å². The molecule has 17 heavy (non-hydrogen) atoms. The molecule has 0 atom stereocenters. The van der Waals surface area contributed by atoms with E-state index in [0.29, 0.717) is 12.4 Å². The minimum atomic E-state index is -0.323. The molecule has 0 aliphatic heterocycles. The maximum Gasteiger partial charge on any atom is 0.165 e. The van der Waals surface area contributed by atoms with Crippen molar-refractivity contribution in [3.05, 3.63) is 65.0 Å². The monoisotopic (exact) mass is 230 g/mol. The second-order valence-electron chi connectivity index (χ2n) is 4.14. The van der Waals surface area contributed by atoms with Gasteiger partial charge in [-0.1, -0.05) is 30.3 Å². The second kappa shape index (κ2) is 5.00. The molecule has 0 fully saturated rings. The number of rotatable bonds is 3. The summed E-state index contributed by atoms with van der Waals surface area (Å²) in [5, 5.41) is 0. The lowest BCUT2D eigenvalue weighted by Crippen LogP contribution is -1.98. The quantitative estimate of drug-likeness (QED) is 0.773. The van der Waals surface area contributed by atoms with Crippen molar-refractivity contribution in [2.24, 2.45) is 0 Å². The molecule has 0 aliphatic carbocycles. The summed E-state index contributed by atoms with van der Waals surface area (Å²) in [4.78, 5) is 0. The molecule has 0 aromatic heterocycles. The molecule has 2 aromatic rings. The van der Waals surface area contributed by atoms with Crippen molar-refractivity contribution in [2.75, 3.05) is 0 Å². The number of hydrogen-bond donors (Lipinski definition) is 0. The number of ether oxygens (including phenoxy) is 1. The van der Waals surface area contributed by atoms with E-state index >= 15 is 0 Å². The SMILES string of the molecule is Cc1ccc(COc2ccccc2F)cc1C. The van der Waals surface area contributed by atoms with Crippen molar-refractivity contribution in [2.45, 2.75) is 20.5 Å². The Labute approximate surface area is 101 Å². The van der Waals surface area contributed by atoms with Gasteiger partial charge in [-0.15, -0.1) is 0 Å². The fourth-order valence-corrected chi connectivity index (χ4v) is 1.62. The first-order valence-electron chi connectivity index (χ1n) is 5.60. The van der Waals surface area contributed by atoms with Gasteiger partial charge in [-0.25, -0.2) is 4.39 Å². The largest absolute Gasteiger partial charge is 0.486 e. The highest BCUT2D eigenvalue weighted by Gasteiger charge is 2.02. The third-order valence-electron chi connectivity index (χ3n) is 2.80. The zero-order valence-corrected chi connectivity index (χ0v) is 10.0. The average Bonchev–Trinajstić information content (AvgIpc) is 2.32. The zero-order valence-electron chi connectivity index (χ0n) is 10.0. The lowest BCUT2D eigenvalue weighted by atomic mass is 10.1. The third-order valence-corrected chi connectivity index (χ3v) is 2.80. The molecule has 0 aliphatic rings. The Morgan fingerprint density at radius 1 is 1.00 bits per heavy atom. The van der Waals surface area contributed by atoms with Gasteiger partial charge in [0.1, 0.15) is 6.61 Å². The summed E-state index contributed by atoms with van der Waals surface area (Å²) in [5.74, 6) is -0.0259. The fraction of sp³-hybridized carbons (Fsp3) is 0.200. The molecule has 0 saturated carbocycles. The number of aryl methyl sites for hydroxylation is 2. The van der Waals surface area contributed by atoms with Gasteiger partial charge < -0.3 is 4.74 Å². The minimum absolute atomic E-state index is 0.297. The Kier molecular flexibility index (Phi) is 3.43. The summed E-state index contributed by atoms with van der Waals surface area (Å²) >= 11 is 0. The molecule has 0 N–H and O–H groups in total. The van der Waals surface area contributed by atoms with Crippen LogP contribution >= 0.6 is 0 Å². The van der Waals surface area contributed by atoms with E-state index in [1.807, 2.05) is 6.07 Å². The van der Waals surface area contributed by atoms with Gasteiger partial charge in [-0.05, 0) is 42.7 Å². The Bertz CT molecular complexity index is 520. The van der Waals surface area contributed by atoms with Crippen LogP contribution in [-0.2, 0) is 6.61 Å². The average molecular weight is 230 g/mol. The molecule has 0 unspecified atom stereocenters. The Hall–Kier alpha value is -1.83. The summed E-state index contributed by atoms with van der Waals surface area (Å²) < 4.78 is 18.8. The van der Waals surface area contributed by atoms with Crippen LogP contribution in [0.25, 0.3) is 0 Å². The summed E-state index contributed by atoms with van der Waals surface area (Å²) in [6.07, 6.45) is 0. The van der Waals surface area contributed by atoms with Crippen LogP contribution in [0.1, 0.15) is 16.7 Å². The topological polar surface area (TPSA) is 9.23 Å². The standard InChI is InChI=1S/C15H15FO/c1-11-7-8-13(9-12(11)2)10-17-15-6-4-3-5-14(15)16/h3-9H,10H2,1-2H3. The van der Waals surface area contributed by atoms with Gasteiger partial charge in [-0.3, -0.25) is 0 Å². The van der Waals surface area contributed by atoms with E-state index in [-0.39, 0.29) is 5.82 Å². The van der Waals surface area contributed by atoms with Crippen LogP contribution in [0.15, 0.2) is 42.5 Å². The van der Waals surface area contributed by atoms with Gasteiger partial charge in [0.05, 0.1) is 0 Å². The van der Waals surface area contributed by atoms with Crippen molar-refractivity contribution in [1.29, 1.82) is 0 Å². The summed E-state index contributed by atoms with van der Waals surface area (Å²) in [6.45, 7) is 4.51. The van der Waals surface area contributed by atoms with Crippen LogP contribution in [0.3, 0.4) is 0 Å². The van der Waals surface area contributed by atoms with Gasteiger partial charge in [-0.2, -0.15) is 0 Å². The molecule has 0 saturated heterocycles. The second-order valence-corrected chi connectivity index (χ2v) is 4.14. The summed E-state index contributed by atoms with van der Waals surface area (Å²) in [7, 11) is 0. The van der Waals surface area contributed by atoms with E-state index in [9.17, 15) is 4.39 Å². The first-order chi connectivity index (χ1) is 8.16. The first-order valence-corrected chi connectivity index (χ1v) is 5.60. The van der Waals surface area contributed by atoms with E-state index in [4.69, 9.17) is 4.74 Å². The van der Waals surface area contributed by atoms with E-state index in [2.05, 4.69) is 26.0 Å². The van der Waals surface area contributed by atoms with Crippen LogP contribution in [0.2, 0.25) is 0 Å². The smallest absolute Gasteiger partial charge is 0.165 e. The maximum atomic E-state index is 13.3. The molecule has 0 bridgehead atoms. The minimum Gasteiger partial charge on any atom is -0.486 e. The van der Waals surface area contributed by atoms with Crippen molar-refractivity contribution in [3.63, 3.8) is 0 Å². The lowest BCUT2D eigenvalue weighted by Gasteiger charge is -2.08. The van der Waals surface area contributed by atoms with Crippen LogP contribution in [0, 0.1) is 19.7 Å². The number of para-hydroxylation sites is 1. The highest BCUT2D eigenvalue weighted by atomic mass is 19.1. The maximum absolute atomic E-state index is 13.3. The molecule has 0 spiro atoms. The predicted octanol–water partition coefficient (Wildman–Crippen LogP) is 4.02. The number of halogens is 1. The first kappa shape index (κ1) is 11.6. The lowest BCUT2D eigenvalue weighted by molar-refractivity contribution is 0.290. The van der Waals surface area contributed by atoms with Gasteiger partial charge in [0.2, 0.25) is 0 Å². The van der Waals surface area contributed by atoms with Gasteiger partial charge in [0.15, 0.2) is 11.6 Å². The summed E-state index contributed by atoms with van der Waals surface area (Å²) in [6, 6.07) is 12.6. The van der Waals surface area contributed by atoms with E-state index in [1.165, 1.54) is 17.2 Å². The summed E-state index contributed by atoms with van der Waals surface area (Å²) in [5.41, 5.74) is 3.52. The van der Waals surface area contributed by atoms with Crippen LogP contribution in [0.4, 0.5) is 4.39 Å².